The van der Waals surface area contributed by atoms with Crippen LogP contribution in [0.3, 0.4) is 0 Å². The topological polar surface area (TPSA) is 60.2 Å². The molecule has 20 heavy (non-hydrogen) atoms. The highest BCUT2D eigenvalue weighted by atomic mass is 79.9. The first-order valence-corrected chi connectivity index (χ1v) is 8.71. The molecule has 0 aliphatic rings. The van der Waals surface area contributed by atoms with Gasteiger partial charge >= 0.3 is 0 Å². The van der Waals surface area contributed by atoms with Crippen LogP contribution in [0.2, 0.25) is 0 Å². The number of carbonyl (C=O) groups excluding carboxylic acids is 1. The molecule has 0 atom stereocenters. The van der Waals surface area contributed by atoms with Gasteiger partial charge in [-0.05, 0) is 50.1 Å². The average molecular weight is 437 g/mol. The molecule has 0 aliphatic carbocycles. The molecule has 0 N–H and O–H groups in total. The quantitative estimate of drug-likeness (QED) is 0.281. The maximum atomic E-state index is 12.1. The van der Waals surface area contributed by atoms with E-state index in [-0.39, 0.29) is 11.5 Å². The largest absolute Gasteiger partial charge is 0.293 e. The summed E-state index contributed by atoms with van der Waals surface area (Å²) >= 11 is 9.50. The van der Waals surface area contributed by atoms with Gasteiger partial charge in [-0.15, -0.1) is 23.1 Å². The predicted octanol–water partition coefficient (Wildman–Crippen LogP) is 5.16. The number of non-ortho nitro benzene ring substituents is 1. The molecular formula is C12H7Br2NO3S2. The fourth-order valence-corrected chi connectivity index (χ4v) is 5.06. The van der Waals surface area contributed by atoms with Crippen LogP contribution >= 0.6 is 55.0 Å². The molecule has 8 heteroatoms. The van der Waals surface area contributed by atoms with Crippen molar-refractivity contribution < 1.29 is 9.72 Å². The Morgan fingerprint density at radius 1 is 1.30 bits per heavy atom. The summed E-state index contributed by atoms with van der Waals surface area (Å²) in [5, 5.41) is 10.5. The van der Waals surface area contributed by atoms with Crippen molar-refractivity contribution in [3.8, 4) is 0 Å². The minimum atomic E-state index is -0.445. The number of nitro groups is 1. The summed E-state index contributed by atoms with van der Waals surface area (Å²) in [5.41, 5.74) is 0.696. The van der Waals surface area contributed by atoms with Gasteiger partial charge < -0.3 is 0 Å². The summed E-state index contributed by atoms with van der Waals surface area (Å²) in [6.45, 7) is 0. The highest BCUT2D eigenvalue weighted by Gasteiger charge is 2.14. The van der Waals surface area contributed by atoms with Gasteiger partial charge in [-0.1, -0.05) is 0 Å². The zero-order chi connectivity index (χ0) is 14.7. The molecule has 104 valence electrons. The molecule has 0 fully saturated rings. The second kappa shape index (κ2) is 6.84. The van der Waals surface area contributed by atoms with Crippen molar-refractivity contribution in [3.05, 3.63) is 53.6 Å². The number of Topliss-reactive ketones (excluding diaryl/α,β-unsaturated/α-hetero) is 1. The van der Waals surface area contributed by atoms with Crippen LogP contribution in [0.1, 0.15) is 10.4 Å². The Morgan fingerprint density at radius 3 is 2.45 bits per heavy atom. The van der Waals surface area contributed by atoms with E-state index < -0.39 is 4.92 Å². The Kier molecular flexibility index (Phi) is 5.36. The molecule has 0 unspecified atom stereocenters. The van der Waals surface area contributed by atoms with Gasteiger partial charge in [0.15, 0.2) is 5.78 Å². The van der Waals surface area contributed by atoms with Gasteiger partial charge in [0.2, 0.25) is 0 Å². The molecule has 0 spiro atoms. The van der Waals surface area contributed by atoms with Gasteiger partial charge in [0.1, 0.15) is 0 Å². The van der Waals surface area contributed by atoms with Crippen molar-refractivity contribution in [2.24, 2.45) is 0 Å². The van der Waals surface area contributed by atoms with E-state index in [4.69, 9.17) is 0 Å². The second-order valence-electron chi connectivity index (χ2n) is 3.70. The average Bonchev–Trinajstić information content (AvgIpc) is 2.75. The van der Waals surface area contributed by atoms with Gasteiger partial charge in [0.05, 0.1) is 18.2 Å². The Morgan fingerprint density at radius 2 is 1.95 bits per heavy atom. The molecule has 2 rings (SSSR count). The smallest absolute Gasteiger partial charge is 0.269 e. The Balaban J connectivity index is 2.00. The van der Waals surface area contributed by atoms with Crippen molar-refractivity contribution >= 4 is 66.4 Å². The third-order valence-corrected chi connectivity index (χ3v) is 5.73. The van der Waals surface area contributed by atoms with E-state index in [1.165, 1.54) is 35.2 Å². The van der Waals surface area contributed by atoms with Gasteiger partial charge in [0, 0.05) is 22.6 Å². The van der Waals surface area contributed by atoms with Crippen LogP contribution in [0.25, 0.3) is 0 Å². The number of thiophene rings is 1. The molecule has 0 bridgehead atoms. The molecule has 0 amide bonds. The lowest BCUT2D eigenvalue weighted by molar-refractivity contribution is -0.384. The van der Waals surface area contributed by atoms with Crippen molar-refractivity contribution in [1.82, 2.24) is 0 Å². The summed E-state index contributed by atoms with van der Waals surface area (Å²) in [6, 6.07) is 7.95. The number of halogens is 2. The van der Waals surface area contributed by atoms with Crippen LogP contribution in [-0.4, -0.2) is 16.5 Å². The van der Waals surface area contributed by atoms with E-state index in [2.05, 4.69) is 31.9 Å². The van der Waals surface area contributed by atoms with Crippen molar-refractivity contribution in [3.63, 3.8) is 0 Å². The molecule has 1 aromatic carbocycles. The zero-order valence-electron chi connectivity index (χ0n) is 9.84. The molecule has 0 saturated heterocycles. The Hall–Kier alpha value is -0.700. The lowest BCUT2D eigenvalue weighted by Gasteiger charge is -2.00. The minimum absolute atomic E-state index is 0.0159. The minimum Gasteiger partial charge on any atom is -0.293 e. The lowest BCUT2D eigenvalue weighted by atomic mass is 10.2. The number of ketones is 1. The van der Waals surface area contributed by atoms with Gasteiger partial charge in [-0.2, -0.15) is 0 Å². The maximum Gasteiger partial charge on any atom is 0.269 e. The SMILES string of the molecule is O=C(CSc1ccc([N+](=O)[O-])cc1)c1cc(Br)sc1Br. The van der Waals surface area contributed by atoms with E-state index in [1.807, 2.05) is 0 Å². The highest BCUT2D eigenvalue weighted by Crippen LogP contribution is 2.33. The number of hydrogen-bond acceptors (Lipinski definition) is 5. The lowest BCUT2D eigenvalue weighted by Crippen LogP contribution is -2.01. The Bertz CT molecular complexity index is 655. The molecule has 0 saturated carbocycles. The Labute approximate surface area is 140 Å². The predicted molar refractivity (Wildman–Crippen MR) is 87.9 cm³/mol. The molecule has 4 nitrogen and oxygen atoms in total. The van der Waals surface area contributed by atoms with Crippen LogP contribution in [-0.2, 0) is 0 Å². The van der Waals surface area contributed by atoms with Gasteiger partial charge in [-0.3, -0.25) is 14.9 Å². The van der Waals surface area contributed by atoms with Crippen LogP contribution in [0.4, 0.5) is 5.69 Å². The van der Waals surface area contributed by atoms with Crippen LogP contribution in [0.15, 0.2) is 42.8 Å². The van der Waals surface area contributed by atoms with E-state index in [1.54, 1.807) is 18.2 Å². The summed E-state index contributed by atoms with van der Waals surface area (Å²) in [5.74, 6) is 0.307. The number of thioether (sulfide) groups is 1. The molecule has 0 radical (unpaired) electrons. The zero-order valence-corrected chi connectivity index (χ0v) is 14.6. The molecule has 1 heterocycles. The van der Waals surface area contributed by atoms with Gasteiger partial charge in [-0.25, -0.2) is 0 Å². The third-order valence-electron chi connectivity index (χ3n) is 2.37. The summed E-state index contributed by atoms with van der Waals surface area (Å²) in [7, 11) is 0. The van der Waals surface area contributed by atoms with Gasteiger partial charge in [0.25, 0.3) is 5.69 Å². The van der Waals surface area contributed by atoms with E-state index in [9.17, 15) is 14.9 Å². The second-order valence-corrected chi connectivity index (χ2v) is 8.50. The molecule has 2 aromatic rings. The fourth-order valence-electron chi connectivity index (χ4n) is 1.42. The summed E-state index contributed by atoms with van der Waals surface area (Å²) < 4.78 is 1.70. The maximum absolute atomic E-state index is 12.1. The first-order valence-electron chi connectivity index (χ1n) is 5.32. The number of nitrogens with zero attached hydrogens (tertiary/aromatic N) is 1. The van der Waals surface area contributed by atoms with Crippen molar-refractivity contribution in [2.45, 2.75) is 4.90 Å². The number of carbonyl (C=O) groups is 1. The number of nitro benzene ring substituents is 1. The van der Waals surface area contributed by atoms with Crippen molar-refractivity contribution in [1.29, 1.82) is 0 Å². The third kappa shape index (κ3) is 3.91. The number of hydrogen-bond donors (Lipinski definition) is 0. The number of benzene rings is 1. The van der Waals surface area contributed by atoms with E-state index in [0.717, 1.165) is 12.5 Å². The normalized spacial score (nSPS) is 10.5. The summed E-state index contributed by atoms with van der Waals surface area (Å²) in [4.78, 5) is 23.0. The fraction of sp³-hybridized carbons (Fsp3) is 0.0833. The number of rotatable bonds is 5. The van der Waals surface area contributed by atoms with Crippen molar-refractivity contribution in [2.75, 3.05) is 5.75 Å². The van der Waals surface area contributed by atoms with Crippen LogP contribution in [0.5, 0.6) is 0 Å². The summed E-state index contributed by atoms with van der Waals surface area (Å²) in [6.07, 6.45) is 0. The molecule has 1 aromatic heterocycles. The first kappa shape index (κ1) is 15.7. The molecular weight excluding hydrogens is 430 g/mol. The highest BCUT2D eigenvalue weighted by molar-refractivity contribution is 9.12. The standard InChI is InChI=1S/C12H7Br2NO3S2/c13-11-5-9(12(14)20-11)10(16)6-19-8-3-1-7(2-4-8)15(17)18/h1-5H,6H2. The first-order chi connectivity index (χ1) is 9.47. The van der Waals surface area contributed by atoms with E-state index >= 15 is 0 Å². The van der Waals surface area contributed by atoms with Crippen LogP contribution in [0, 0.1) is 10.1 Å². The molecule has 0 aliphatic heterocycles. The monoisotopic (exact) mass is 435 g/mol. The van der Waals surface area contributed by atoms with E-state index in [0.29, 0.717) is 11.3 Å². The van der Waals surface area contributed by atoms with Crippen LogP contribution < -0.4 is 0 Å².